The van der Waals surface area contributed by atoms with Crippen LogP contribution in [-0.2, 0) is 6.42 Å². The van der Waals surface area contributed by atoms with Crippen LogP contribution in [0.15, 0.2) is 54.6 Å². The normalized spacial score (nSPS) is 10.7. The zero-order valence-electron chi connectivity index (χ0n) is 11.4. The fourth-order valence-electron chi connectivity index (χ4n) is 2.04. The predicted molar refractivity (Wildman–Crippen MR) is 82.3 cm³/mol. The van der Waals surface area contributed by atoms with Gasteiger partial charge < -0.3 is 0 Å². The molecule has 0 aliphatic rings. The van der Waals surface area contributed by atoms with E-state index in [9.17, 15) is 14.9 Å². The maximum Gasteiger partial charge on any atom is 0.280 e. The van der Waals surface area contributed by atoms with Crippen LogP contribution in [0.4, 0.5) is 5.69 Å². The molecule has 106 valence electrons. The fourth-order valence-corrected chi connectivity index (χ4v) is 2.04. The van der Waals surface area contributed by atoms with Crippen LogP contribution < -0.4 is 0 Å². The zero-order chi connectivity index (χ0) is 15.1. The molecular weight excluding hydrogens is 266 g/mol. The summed E-state index contributed by atoms with van der Waals surface area (Å²) in [6, 6.07) is 14.7. The minimum atomic E-state index is -0.537. The smallest absolute Gasteiger partial charge is 0.280 e. The molecule has 0 aliphatic heterocycles. The summed E-state index contributed by atoms with van der Waals surface area (Å²) in [6.07, 6.45) is 6.09. The Morgan fingerprint density at radius 2 is 1.86 bits per heavy atom. The number of hydrogen-bond donors (Lipinski definition) is 0. The lowest BCUT2D eigenvalue weighted by molar-refractivity contribution is -0.385. The predicted octanol–water partition coefficient (Wildman–Crippen LogP) is 4.05. The first-order chi connectivity index (χ1) is 10.2. The van der Waals surface area contributed by atoms with Crippen molar-refractivity contribution in [1.82, 2.24) is 0 Å². The molecule has 4 nitrogen and oxygen atoms in total. The van der Waals surface area contributed by atoms with Crippen molar-refractivity contribution in [2.45, 2.75) is 12.8 Å². The number of benzene rings is 2. The first-order valence-corrected chi connectivity index (χ1v) is 6.65. The fraction of sp³-hybridized carbons (Fsp3) is 0.118. The summed E-state index contributed by atoms with van der Waals surface area (Å²) in [5, 5.41) is 10.9. The summed E-state index contributed by atoms with van der Waals surface area (Å²) in [6.45, 7) is 0. The van der Waals surface area contributed by atoms with Gasteiger partial charge in [-0.15, -0.1) is 0 Å². The molecule has 0 fully saturated rings. The first-order valence-electron chi connectivity index (χ1n) is 6.65. The number of aldehydes is 1. The maximum atomic E-state index is 10.9. The Labute approximate surface area is 122 Å². The number of nitro groups is 1. The van der Waals surface area contributed by atoms with Crippen LogP contribution in [0.1, 0.15) is 27.9 Å². The molecule has 0 radical (unpaired) electrons. The summed E-state index contributed by atoms with van der Waals surface area (Å²) in [4.78, 5) is 21.1. The van der Waals surface area contributed by atoms with E-state index in [1.165, 1.54) is 17.7 Å². The van der Waals surface area contributed by atoms with E-state index in [2.05, 4.69) is 12.1 Å². The van der Waals surface area contributed by atoms with Crippen LogP contribution in [0, 0.1) is 10.1 Å². The highest BCUT2D eigenvalue weighted by Gasteiger charge is 2.12. The second kappa shape index (κ2) is 7.14. The van der Waals surface area contributed by atoms with Gasteiger partial charge in [-0.3, -0.25) is 14.9 Å². The number of rotatable bonds is 6. The van der Waals surface area contributed by atoms with E-state index >= 15 is 0 Å². The topological polar surface area (TPSA) is 60.2 Å². The molecule has 0 N–H and O–H groups in total. The van der Waals surface area contributed by atoms with Gasteiger partial charge in [0.25, 0.3) is 5.69 Å². The van der Waals surface area contributed by atoms with E-state index in [4.69, 9.17) is 0 Å². The Bertz CT molecular complexity index is 663. The molecule has 2 aromatic rings. The number of aryl methyl sites for hydroxylation is 1. The standard InChI is InChI=1S/C17H15NO3/c19-13-16-11-10-15(12-17(16)18(20)21)9-5-4-8-14-6-2-1-3-7-14/h1-3,5-7,9-13H,4,8H2/b9-5+. The van der Waals surface area contributed by atoms with Gasteiger partial charge in [0.15, 0.2) is 6.29 Å². The summed E-state index contributed by atoms with van der Waals surface area (Å²) < 4.78 is 0. The van der Waals surface area contributed by atoms with Gasteiger partial charge in [0, 0.05) is 6.07 Å². The van der Waals surface area contributed by atoms with Gasteiger partial charge in [0.2, 0.25) is 0 Å². The SMILES string of the molecule is O=Cc1ccc(/C=C/CCc2ccccc2)cc1[N+](=O)[O-]. The molecule has 0 saturated carbocycles. The highest BCUT2D eigenvalue weighted by Crippen LogP contribution is 2.19. The maximum absolute atomic E-state index is 10.9. The molecule has 0 aromatic heterocycles. The van der Waals surface area contributed by atoms with E-state index in [1.54, 1.807) is 6.07 Å². The third-order valence-electron chi connectivity index (χ3n) is 3.13. The number of allylic oxidation sites excluding steroid dienone is 1. The van der Waals surface area contributed by atoms with Crippen LogP contribution in [0.5, 0.6) is 0 Å². The third-order valence-corrected chi connectivity index (χ3v) is 3.13. The number of carbonyl (C=O) groups is 1. The summed E-state index contributed by atoms with van der Waals surface area (Å²) in [5.41, 5.74) is 1.92. The molecule has 0 atom stereocenters. The van der Waals surface area contributed by atoms with E-state index in [0.29, 0.717) is 6.29 Å². The lowest BCUT2D eigenvalue weighted by Gasteiger charge is -1.99. The van der Waals surface area contributed by atoms with Crippen LogP contribution >= 0.6 is 0 Å². The molecular formula is C17H15NO3. The molecule has 4 heteroatoms. The molecule has 0 heterocycles. The van der Waals surface area contributed by atoms with Crippen LogP contribution in [0.25, 0.3) is 6.08 Å². The number of carbonyl (C=O) groups excluding carboxylic acids is 1. The van der Waals surface area contributed by atoms with Gasteiger partial charge in [0.1, 0.15) is 0 Å². The van der Waals surface area contributed by atoms with E-state index in [1.807, 2.05) is 30.4 Å². The Morgan fingerprint density at radius 1 is 1.10 bits per heavy atom. The molecule has 0 saturated heterocycles. The molecule has 0 aliphatic carbocycles. The molecule has 2 rings (SSSR count). The van der Waals surface area contributed by atoms with Crippen molar-refractivity contribution in [1.29, 1.82) is 0 Å². The average molecular weight is 281 g/mol. The van der Waals surface area contributed by atoms with Gasteiger partial charge in [-0.1, -0.05) is 48.6 Å². The summed E-state index contributed by atoms with van der Waals surface area (Å²) in [7, 11) is 0. The van der Waals surface area contributed by atoms with Crippen LogP contribution in [0.2, 0.25) is 0 Å². The minimum Gasteiger partial charge on any atom is -0.298 e. The minimum absolute atomic E-state index is 0.0986. The number of hydrogen-bond acceptors (Lipinski definition) is 3. The molecule has 0 unspecified atom stereocenters. The Balaban J connectivity index is 2.02. The average Bonchev–Trinajstić information content (AvgIpc) is 2.52. The van der Waals surface area contributed by atoms with E-state index < -0.39 is 4.92 Å². The summed E-state index contributed by atoms with van der Waals surface area (Å²) >= 11 is 0. The molecule has 21 heavy (non-hydrogen) atoms. The van der Waals surface area contributed by atoms with E-state index in [-0.39, 0.29) is 11.3 Å². The van der Waals surface area contributed by atoms with Gasteiger partial charge in [-0.2, -0.15) is 0 Å². The largest absolute Gasteiger partial charge is 0.298 e. The third kappa shape index (κ3) is 4.11. The van der Waals surface area contributed by atoms with Crippen molar-refractivity contribution in [2.75, 3.05) is 0 Å². The second-order valence-corrected chi connectivity index (χ2v) is 4.62. The molecule has 2 aromatic carbocycles. The van der Waals surface area contributed by atoms with Crippen LogP contribution in [0.3, 0.4) is 0 Å². The quantitative estimate of drug-likeness (QED) is 0.456. The van der Waals surface area contributed by atoms with Gasteiger partial charge in [-0.05, 0) is 30.0 Å². The lowest BCUT2D eigenvalue weighted by atomic mass is 10.1. The van der Waals surface area contributed by atoms with Crippen molar-refractivity contribution < 1.29 is 9.72 Å². The number of nitrogens with zero attached hydrogens (tertiary/aromatic N) is 1. The lowest BCUT2D eigenvalue weighted by Crippen LogP contribution is -1.94. The van der Waals surface area contributed by atoms with E-state index in [0.717, 1.165) is 18.4 Å². The monoisotopic (exact) mass is 281 g/mol. The van der Waals surface area contributed by atoms with Crippen molar-refractivity contribution >= 4 is 18.0 Å². The van der Waals surface area contributed by atoms with Crippen LogP contribution in [-0.4, -0.2) is 11.2 Å². The van der Waals surface area contributed by atoms with Gasteiger partial charge >= 0.3 is 0 Å². The van der Waals surface area contributed by atoms with Crippen molar-refractivity contribution in [3.8, 4) is 0 Å². The Hall–Kier alpha value is -2.75. The highest BCUT2D eigenvalue weighted by atomic mass is 16.6. The van der Waals surface area contributed by atoms with Gasteiger partial charge in [-0.25, -0.2) is 0 Å². The Morgan fingerprint density at radius 3 is 2.52 bits per heavy atom. The molecule has 0 amide bonds. The van der Waals surface area contributed by atoms with Gasteiger partial charge in [0.05, 0.1) is 10.5 Å². The second-order valence-electron chi connectivity index (χ2n) is 4.62. The van der Waals surface area contributed by atoms with Crippen molar-refractivity contribution in [3.63, 3.8) is 0 Å². The molecule has 0 spiro atoms. The van der Waals surface area contributed by atoms with Crippen molar-refractivity contribution in [3.05, 3.63) is 81.4 Å². The zero-order valence-corrected chi connectivity index (χ0v) is 11.4. The molecule has 0 bridgehead atoms. The van der Waals surface area contributed by atoms with Crippen molar-refractivity contribution in [2.24, 2.45) is 0 Å². The number of nitro benzene ring substituents is 1. The summed E-state index contributed by atoms with van der Waals surface area (Å²) in [5.74, 6) is 0. The first kappa shape index (κ1) is 14.7. The Kier molecular flexibility index (Phi) is 4.99. The highest BCUT2D eigenvalue weighted by molar-refractivity contribution is 5.82.